The molecule has 1 aliphatic heterocycles. The molecule has 0 amide bonds. The van der Waals surface area contributed by atoms with Gasteiger partial charge in [-0.15, -0.1) is 0 Å². The van der Waals surface area contributed by atoms with E-state index in [1.165, 1.54) is 0 Å². The molecule has 1 aromatic rings. The Hall–Kier alpha value is -1.36. The molecular formula is C14H23N3O2. The molecule has 1 aromatic heterocycles. The third kappa shape index (κ3) is 4.06. The van der Waals surface area contributed by atoms with Gasteiger partial charge in [0.2, 0.25) is 0 Å². The van der Waals surface area contributed by atoms with Gasteiger partial charge >= 0.3 is 5.97 Å². The van der Waals surface area contributed by atoms with E-state index >= 15 is 0 Å². The second-order valence-corrected chi connectivity index (χ2v) is 5.72. The number of likely N-dealkylation sites (tertiary alicyclic amines) is 1. The summed E-state index contributed by atoms with van der Waals surface area (Å²) >= 11 is 0. The van der Waals surface area contributed by atoms with E-state index in [4.69, 9.17) is 5.11 Å². The number of carboxylic acids is 1. The van der Waals surface area contributed by atoms with Gasteiger partial charge in [0.1, 0.15) is 0 Å². The van der Waals surface area contributed by atoms with E-state index in [0.29, 0.717) is 12.0 Å². The van der Waals surface area contributed by atoms with Crippen molar-refractivity contribution in [2.24, 2.45) is 5.92 Å². The Labute approximate surface area is 114 Å². The lowest BCUT2D eigenvalue weighted by atomic mass is 9.95. The predicted octanol–water partition coefficient (Wildman–Crippen LogP) is 2.15. The first-order valence-corrected chi connectivity index (χ1v) is 7.02. The summed E-state index contributed by atoms with van der Waals surface area (Å²) in [6, 6.07) is 2.44. The quantitative estimate of drug-likeness (QED) is 0.886. The van der Waals surface area contributed by atoms with Crippen molar-refractivity contribution in [1.82, 2.24) is 14.7 Å². The van der Waals surface area contributed by atoms with E-state index < -0.39 is 5.97 Å². The lowest BCUT2D eigenvalue weighted by Gasteiger charge is -2.31. The van der Waals surface area contributed by atoms with Crippen LogP contribution in [0.2, 0.25) is 0 Å². The van der Waals surface area contributed by atoms with Gasteiger partial charge < -0.3 is 5.11 Å². The van der Waals surface area contributed by atoms with Crippen LogP contribution >= 0.6 is 0 Å². The fourth-order valence-electron chi connectivity index (χ4n) is 2.69. The van der Waals surface area contributed by atoms with Crippen LogP contribution in [0.3, 0.4) is 0 Å². The maximum Gasteiger partial charge on any atom is 0.303 e. The van der Waals surface area contributed by atoms with Gasteiger partial charge in [0, 0.05) is 31.7 Å². The number of piperidine rings is 1. The van der Waals surface area contributed by atoms with E-state index in [1.807, 2.05) is 10.9 Å². The molecule has 106 valence electrons. The Balaban J connectivity index is 1.89. The van der Waals surface area contributed by atoms with E-state index in [0.717, 1.165) is 38.2 Å². The van der Waals surface area contributed by atoms with Crippen LogP contribution in [0, 0.1) is 5.92 Å². The third-order valence-electron chi connectivity index (χ3n) is 3.64. The van der Waals surface area contributed by atoms with Crippen molar-refractivity contribution in [2.45, 2.75) is 45.7 Å². The number of hydrogen-bond acceptors (Lipinski definition) is 3. The fourth-order valence-corrected chi connectivity index (χ4v) is 2.69. The minimum atomic E-state index is -0.684. The molecule has 0 saturated carbocycles. The number of hydrogen-bond donors (Lipinski definition) is 1. The van der Waals surface area contributed by atoms with Gasteiger partial charge in [-0.2, -0.15) is 5.10 Å². The Morgan fingerprint density at radius 3 is 3.00 bits per heavy atom. The highest BCUT2D eigenvalue weighted by Gasteiger charge is 2.22. The Morgan fingerprint density at radius 2 is 2.37 bits per heavy atom. The highest BCUT2D eigenvalue weighted by Crippen LogP contribution is 2.21. The van der Waals surface area contributed by atoms with E-state index in [2.05, 4.69) is 29.9 Å². The van der Waals surface area contributed by atoms with Gasteiger partial charge in [-0.25, -0.2) is 0 Å². The van der Waals surface area contributed by atoms with Crippen molar-refractivity contribution in [1.29, 1.82) is 0 Å². The molecule has 1 unspecified atom stereocenters. The summed E-state index contributed by atoms with van der Waals surface area (Å²) in [5.41, 5.74) is 1.07. The molecule has 19 heavy (non-hydrogen) atoms. The van der Waals surface area contributed by atoms with Gasteiger partial charge in [0.05, 0.1) is 5.69 Å². The van der Waals surface area contributed by atoms with E-state index in [1.54, 1.807) is 0 Å². The average molecular weight is 265 g/mol. The summed E-state index contributed by atoms with van der Waals surface area (Å²) in [6.45, 7) is 6.97. The summed E-state index contributed by atoms with van der Waals surface area (Å²) < 4.78 is 1.97. The molecule has 5 heteroatoms. The average Bonchev–Trinajstić information content (AvgIpc) is 2.77. The predicted molar refractivity (Wildman–Crippen MR) is 72.9 cm³/mol. The van der Waals surface area contributed by atoms with Crippen LogP contribution in [0.5, 0.6) is 0 Å². The lowest BCUT2D eigenvalue weighted by molar-refractivity contribution is -0.138. The minimum Gasteiger partial charge on any atom is -0.481 e. The minimum absolute atomic E-state index is 0.289. The highest BCUT2D eigenvalue weighted by atomic mass is 16.4. The smallest absolute Gasteiger partial charge is 0.303 e. The number of carbonyl (C=O) groups is 1. The largest absolute Gasteiger partial charge is 0.481 e. The van der Waals surface area contributed by atoms with Crippen LogP contribution in [0.25, 0.3) is 0 Å². The molecule has 1 fully saturated rings. The molecule has 0 spiro atoms. The van der Waals surface area contributed by atoms with Crippen molar-refractivity contribution in [2.75, 3.05) is 13.1 Å². The summed E-state index contributed by atoms with van der Waals surface area (Å²) in [7, 11) is 0. The molecule has 1 N–H and O–H groups in total. The summed E-state index contributed by atoms with van der Waals surface area (Å²) in [5.74, 6) is -0.394. The molecule has 2 rings (SSSR count). The van der Waals surface area contributed by atoms with Crippen LogP contribution < -0.4 is 0 Å². The summed E-state index contributed by atoms with van der Waals surface area (Å²) in [4.78, 5) is 13.1. The van der Waals surface area contributed by atoms with Gasteiger partial charge in [0.25, 0.3) is 0 Å². The van der Waals surface area contributed by atoms with Crippen molar-refractivity contribution < 1.29 is 9.90 Å². The molecular weight excluding hydrogens is 242 g/mol. The number of aromatic nitrogens is 2. The van der Waals surface area contributed by atoms with Gasteiger partial charge in [0.15, 0.2) is 0 Å². The molecule has 1 atom stereocenters. The topological polar surface area (TPSA) is 58.4 Å². The van der Waals surface area contributed by atoms with Crippen LogP contribution in [0.15, 0.2) is 12.3 Å². The van der Waals surface area contributed by atoms with E-state index in [-0.39, 0.29) is 6.42 Å². The number of rotatable bonds is 5. The first kappa shape index (κ1) is 14.1. The molecule has 2 heterocycles. The fraction of sp³-hybridized carbons (Fsp3) is 0.714. The highest BCUT2D eigenvalue weighted by molar-refractivity contribution is 5.67. The van der Waals surface area contributed by atoms with Crippen LogP contribution in [0.4, 0.5) is 0 Å². The molecule has 0 bridgehead atoms. The Kier molecular flexibility index (Phi) is 4.58. The zero-order chi connectivity index (χ0) is 13.8. The first-order valence-electron chi connectivity index (χ1n) is 7.02. The monoisotopic (exact) mass is 265 g/mol. The van der Waals surface area contributed by atoms with Crippen molar-refractivity contribution in [3.63, 3.8) is 0 Å². The van der Waals surface area contributed by atoms with Crippen molar-refractivity contribution in [3.05, 3.63) is 18.0 Å². The Bertz CT molecular complexity index is 428. The second-order valence-electron chi connectivity index (χ2n) is 5.72. The van der Waals surface area contributed by atoms with Crippen molar-refractivity contribution >= 4 is 5.97 Å². The van der Waals surface area contributed by atoms with Crippen LogP contribution in [-0.2, 0) is 11.3 Å². The van der Waals surface area contributed by atoms with Crippen LogP contribution in [-0.4, -0.2) is 38.8 Å². The molecule has 1 aliphatic rings. The molecule has 0 radical (unpaired) electrons. The number of nitrogens with zero attached hydrogens (tertiary/aromatic N) is 3. The standard InChI is InChI=1S/C14H23N3O2/c1-11(2)17-7-5-13(15-17)10-16-6-3-4-12(9-16)8-14(18)19/h5,7,11-12H,3-4,6,8-10H2,1-2H3,(H,18,19). The number of carboxylic acid groups (broad SMARTS) is 1. The lowest BCUT2D eigenvalue weighted by Crippen LogP contribution is -2.35. The molecule has 1 saturated heterocycles. The molecule has 0 aromatic carbocycles. The molecule has 5 nitrogen and oxygen atoms in total. The zero-order valence-electron chi connectivity index (χ0n) is 11.7. The number of aliphatic carboxylic acids is 1. The maximum atomic E-state index is 10.8. The second kappa shape index (κ2) is 6.19. The van der Waals surface area contributed by atoms with Crippen LogP contribution in [0.1, 0.15) is 44.8 Å². The van der Waals surface area contributed by atoms with E-state index in [9.17, 15) is 4.79 Å². The summed E-state index contributed by atoms with van der Waals surface area (Å²) in [6.07, 6.45) is 4.42. The SMILES string of the molecule is CC(C)n1ccc(CN2CCCC(CC(=O)O)C2)n1. The van der Waals surface area contributed by atoms with Gasteiger partial charge in [-0.1, -0.05) is 0 Å². The zero-order valence-corrected chi connectivity index (χ0v) is 11.7. The van der Waals surface area contributed by atoms with Gasteiger partial charge in [-0.3, -0.25) is 14.4 Å². The first-order chi connectivity index (χ1) is 9.04. The van der Waals surface area contributed by atoms with Gasteiger partial charge in [-0.05, 0) is 45.2 Å². The Morgan fingerprint density at radius 1 is 1.58 bits per heavy atom. The molecule has 0 aliphatic carbocycles. The van der Waals surface area contributed by atoms with Crippen molar-refractivity contribution in [3.8, 4) is 0 Å². The third-order valence-corrected chi connectivity index (χ3v) is 3.64. The maximum absolute atomic E-state index is 10.8. The summed E-state index contributed by atoms with van der Waals surface area (Å²) in [5, 5.41) is 13.4. The normalized spacial score (nSPS) is 20.9.